The van der Waals surface area contributed by atoms with Crippen molar-refractivity contribution >= 4 is 40.8 Å². The van der Waals surface area contributed by atoms with Crippen LogP contribution in [0.3, 0.4) is 0 Å². The second-order valence-electron chi connectivity index (χ2n) is 9.33. The SMILES string of the molecule is Cc1cc(-c2ccccc2CCc2nc(NC3CC3)n3ncc(/C=C4\CC(=O)NC4=O)c3n2)sc1C#N. The third-order valence-electron chi connectivity index (χ3n) is 6.50. The average Bonchev–Trinajstić information content (AvgIpc) is 3.35. The molecule has 0 spiro atoms. The molecule has 6 rings (SSSR count). The van der Waals surface area contributed by atoms with Gasteiger partial charge in [-0.2, -0.15) is 19.9 Å². The average molecular weight is 510 g/mol. The summed E-state index contributed by atoms with van der Waals surface area (Å²) in [7, 11) is 0. The Kier molecular flexibility index (Phi) is 5.77. The Morgan fingerprint density at radius 3 is 2.81 bits per heavy atom. The Balaban J connectivity index is 1.34. The number of aromatic nitrogens is 4. The predicted molar refractivity (Wildman–Crippen MR) is 140 cm³/mol. The number of rotatable bonds is 7. The minimum atomic E-state index is -0.380. The number of nitrogens with zero attached hydrogens (tertiary/aromatic N) is 5. The Morgan fingerprint density at radius 2 is 2.08 bits per heavy atom. The van der Waals surface area contributed by atoms with Gasteiger partial charge in [-0.05, 0) is 55.0 Å². The summed E-state index contributed by atoms with van der Waals surface area (Å²) in [4.78, 5) is 35.1. The number of hydrogen-bond acceptors (Lipinski definition) is 8. The van der Waals surface area contributed by atoms with Crippen molar-refractivity contribution in [1.29, 1.82) is 5.26 Å². The lowest BCUT2D eigenvalue weighted by Gasteiger charge is -2.10. The molecule has 2 fully saturated rings. The first kappa shape index (κ1) is 23.1. The zero-order valence-electron chi connectivity index (χ0n) is 20.1. The molecule has 1 saturated carbocycles. The van der Waals surface area contributed by atoms with Crippen LogP contribution in [-0.4, -0.2) is 37.4 Å². The molecule has 2 amide bonds. The molecule has 3 aromatic heterocycles. The lowest BCUT2D eigenvalue weighted by atomic mass is 10.0. The van der Waals surface area contributed by atoms with Crippen molar-refractivity contribution < 1.29 is 9.59 Å². The van der Waals surface area contributed by atoms with Gasteiger partial charge in [-0.25, -0.2) is 4.98 Å². The number of aryl methyl sites for hydroxylation is 3. The van der Waals surface area contributed by atoms with E-state index in [-0.39, 0.29) is 18.2 Å². The molecule has 10 heteroatoms. The van der Waals surface area contributed by atoms with Crippen molar-refractivity contribution in [2.75, 3.05) is 5.32 Å². The van der Waals surface area contributed by atoms with Crippen LogP contribution in [0.4, 0.5) is 5.95 Å². The molecule has 0 unspecified atom stereocenters. The normalized spacial score (nSPS) is 16.4. The summed E-state index contributed by atoms with van der Waals surface area (Å²) in [6.07, 6.45) is 6.86. The maximum Gasteiger partial charge on any atom is 0.254 e. The fourth-order valence-electron chi connectivity index (χ4n) is 4.42. The molecule has 1 aliphatic heterocycles. The second kappa shape index (κ2) is 9.26. The quantitative estimate of drug-likeness (QED) is 0.287. The highest BCUT2D eigenvalue weighted by molar-refractivity contribution is 7.16. The van der Waals surface area contributed by atoms with Crippen LogP contribution in [0.15, 0.2) is 42.1 Å². The standard InChI is InChI=1S/C27H23N7O2S/c1-15-10-21(37-22(15)13-28)20-5-3-2-4-16(20)6-9-23-31-25-18(11-17-12-24(35)33-26(17)36)14-29-34(25)27(32-23)30-19-7-8-19/h2-5,10-11,14,19H,6-9,12H2,1H3,(H,30,31,32)(H,33,35,36)/b17-11+. The molecule has 1 aromatic carbocycles. The minimum Gasteiger partial charge on any atom is -0.351 e. The molecule has 4 heterocycles. The fourth-order valence-corrected chi connectivity index (χ4v) is 5.45. The van der Waals surface area contributed by atoms with Gasteiger partial charge >= 0.3 is 0 Å². The number of nitriles is 1. The van der Waals surface area contributed by atoms with Gasteiger partial charge in [-0.15, -0.1) is 11.3 Å². The number of hydrogen-bond donors (Lipinski definition) is 2. The number of thiophene rings is 1. The van der Waals surface area contributed by atoms with Crippen molar-refractivity contribution in [1.82, 2.24) is 24.9 Å². The van der Waals surface area contributed by atoms with Gasteiger partial charge in [0.2, 0.25) is 11.9 Å². The predicted octanol–water partition coefficient (Wildman–Crippen LogP) is 3.82. The van der Waals surface area contributed by atoms with Gasteiger partial charge in [-0.3, -0.25) is 14.9 Å². The highest BCUT2D eigenvalue weighted by Gasteiger charge is 2.26. The molecule has 9 nitrogen and oxygen atoms in total. The molecule has 2 N–H and O–H groups in total. The maximum absolute atomic E-state index is 12.1. The summed E-state index contributed by atoms with van der Waals surface area (Å²) in [6, 6.07) is 12.9. The fraction of sp³-hybridized carbons (Fsp3) is 0.259. The van der Waals surface area contributed by atoms with E-state index in [1.54, 1.807) is 16.8 Å². The molecular formula is C27H23N7O2S. The van der Waals surface area contributed by atoms with Gasteiger partial charge in [0.1, 0.15) is 16.8 Å². The zero-order valence-corrected chi connectivity index (χ0v) is 20.9. The molecule has 2 aliphatic rings. The van der Waals surface area contributed by atoms with E-state index in [4.69, 9.17) is 9.97 Å². The number of anilines is 1. The number of imide groups is 1. The van der Waals surface area contributed by atoms with E-state index >= 15 is 0 Å². The summed E-state index contributed by atoms with van der Waals surface area (Å²) in [6.45, 7) is 1.96. The van der Waals surface area contributed by atoms with Crippen molar-refractivity contribution in [3.8, 4) is 16.5 Å². The van der Waals surface area contributed by atoms with Gasteiger partial charge < -0.3 is 5.32 Å². The monoisotopic (exact) mass is 509 g/mol. The smallest absolute Gasteiger partial charge is 0.254 e. The highest BCUT2D eigenvalue weighted by atomic mass is 32.1. The Hall–Kier alpha value is -4.36. The second-order valence-corrected chi connectivity index (χ2v) is 10.4. The third-order valence-corrected chi connectivity index (χ3v) is 7.67. The molecule has 0 radical (unpaired) electrons. The molecule has 184 valence electrons. The molecule has 0 atom stereocenters. The Bertz CT molecular complexity index is 1640. The van der Waals surface area contributed by atoms with Crippen LogP contribution >= 0.6 is 11.3 Å². The van der Waals surface area contributed by atoms with E-state index in [9.17, 15) is 14.9 Å². The lowest BCUT2D eigenvalue weighted by Crippen LogP contribution is -2.19. The molecule has 0 bridgehead atoms. The van der Waals surface area contributed by atoms with Gasteiger partial charge in [0.15, 0.2) is 5.65 Å². The van der Waals surface area contributed by atoms with Gasteiger partial charge in [0.05, 0.1) is 12.6 Å². The van der Waals surface area contributed by atoms with Crippen molar-refractivity contribution in [2.45, 2.75) is 45.1 Å². The first-order chi connectivity index (χ1) is 18.0. The number of nitrogens with one attached hydrogen (secondary N) is 2. The van der Waals surface area contributed by atoms with Crippen LogP contribution in [0.5, 0.6) is 0 Å². The summed E-state index contributed by atoms with van der Waals surface area (Å²) in [5.74, 6) is 0.605. The van der Waals surface area contributed by atoms with Crippen LogP contribution in [0.25, 0.3) is 22.2 Å². The van der Waals surface area contributed by atoms with Gasteiger partial charge in [-0.1, -0.05) is 24.3 Å². The van der Waals surface area contributed by atoms with E-state index in [1.807, 2.05) is 19.1 Å². The largest absolute Gasteiger partial charge is 0.351 e. The summed E-state index contributed by atoms with van der Waals surface area (Å²) in [5.41, 5.74) is 4.91. The van der Waals surface area contributed by atoms with Crippen LogP contribution in [0.2, 0.25) is 0 Å². The van der Waals surface area contributed by atoms with Crippen LogP contribution in [0, 0.1) is 18.3 Å². The summed E-state index contributed by atoms with van der Waals surface area (Å²) in [5, 5.41) is 19.6. The maximum atomic E-state index is 12.1. The number of carbonyl (C=O) groups excluding carboxylic acids is 2. The van der Waals surface area contributed by atoms with Gasteiger partial charge in [0, 0.05) is 28.5 Å². The van der Waals surface area contributed by atoms with Crippen molar-refractivity contribution in [3.05, 3.63) is 69.5 Å². The lowest BCUT2D eigenvalue weighted by molar-refractivity contribution is -0.124. The first-order valence-corrected chi connectivity index (χ1v) is 12.9. The Labute approximate surface area is 216 Å². The van der Waals surface area contributed by atoms with E-state index in [0.29, 0.717) is 41.0 Å². The van der Waals surface area contributed by atoms with E-state index in [2.05, 4.69) is 40.0 Å². The van der Waals surface area contributed by atoms with E-state index < -0.39 is 0 Å². The number of benzene rings is 1. The van der Waals surface area contributed by atoms with E-state index in [0.717, 1.165) is 45.7 Å². The van der Waals surface area contributed by atoms with Crippen molar-refractivity contribution in [3.63, 3.8) is 0 Å². The van der Waals surface area contributed by atoms with Crippen LogP contribution < -0.4 is 10.6 Å². The molecule has 37 heavy (non-hydrogen) atoms. The third kappa shape index (κ3) is 4.61. The molecular weight excluding hydrogens is 486 g/mol. The van der Waals surface area contributed by atoms with E-state index in [1.165, 1.54) is 11.3 Å². The minimum absolute atomic E-state index is 0.0494. The Morgan fingerprint density at radius 1 is 1.24 bits per heavy atom. The summed E-state index contributed by atoms with van der Waals surface area (Å²) >= 11 is 1.51. The topological polar surface area (TPSA) is 125 Å². The molecule has 4 aromatic rings. The van der Waals surface area contributed by atoms with Crippen LogP contribution in [0.1, 0.15) is 46.7 Å². The summed E-state index contributed by atoms with van der Waals surface area (Å²) < 4.78 is 1.66. The highest BCUT2D eigenvalue weighted by Crippen LogP contribution is 2.33. The zero-order chi connectivity index (χ0) is 25.5. The number of carbonyl (C=O) groups is 2. The van der Waals surface area contributed by atoms with Crippen LogP contribution in [-0.2, 0) is 22.4 Å². The molecule has 1 saturated heterocycles. The number of amides is 2. The van der Waals surface area contributed by atoms with Crippen molar-refractivity contribution in [2.24, 2.45) is 0 Å². The van der Waals surface area contributed by atoms with Gasteiger partial charge in [0.25, 0.3) is 5.91 Å². The molecule has 1 aliphatic carbocycles. The first-order valence-electron chi connectivity index (χ1n) is 12.1. The number of fused-ring (bicyclic) bond motifs is 1.